The van der Waals surface area contributed by atoms with Crippen molar-refractivity contribution in [3.8, 4) is 0 Å². The van der Waals surface area contributed by atoms with Gasteiger partial charge < -0.3 is 0 Å². The number of alkyl halides is 4. The summed E-state index contributed by atoms with van der Waals surface area (Å²) in [5, 5.41) is 0.298. The molecule has 162 valence electrons. The summed E-state index contributed by atoms with van der Waals surface area (Å²) in [6.45, 7) is 10.1. The molecule has 0 N–H and O–H groups in total. The van der Waals surface area contributed by atoms with Gasteiger partial charge in [0.15, 0.2) is 0 Å². The Labute approximate surface area is 179 Å². The zero-order valence-corrected chi connectivity index (χ0v) is 18.3. The standard InChI is InChI=1S/C24H24ClF5/c1-13(2)18-8-7-16(10-20(18)24(6,29)30)22(26)12-19(23(5,27)28)17-9-14(3)15(4)21(25)11-17/h7-12,19H,1H2,2-6H3/b22-12-. The van der Waals surface area contributed by atoms with Gasteiger partial charge >= 0.3 is 0 Å². The van der Waals surface area contributed by atoms with Crippen molar-refractivity contribution < 1.29 is 22.0 Å². The minimum absolute atomic E-state index is 0.144. The number of rotatable bonds is 6. The molecule has 0 spiro atoms. The fraction of sp³-hybridized carbons (Fsp3) is 0.333. The third-order valence-electron chi connectivity index (χ3n) is 5.07. The van der Waals surface area contributed by atoms with Gasteiger partial charge in [0, 0.05) is 30.0 Å². The van der Waals surface area contributed by atoms with E-state index in [2.05, 4.69) is 6.58 Å². The third kappa shape index (κ3) is 5.31. The van der Waals surface area contributed by atoms with E-state index in [1.165, 1.54) is 24.3 Å². The van der Waals surface area contributed by atoms with Crippen LogP contribution >= 0.6 is 11.6 Å². The van der Waals surface area contributed by atoms with E-state index >= 15 is 4.39 Å². The van der Waals surface area contributed by atoms with Crippen LogP contribution in [0.25, 0.3) is 11.4 Å². The molecule has 0 heterocycles. The van der Waals surface area contributed by atoms with Gasteiger partial charge in [-0.15, -0.1) is 0 Å². The maximum atomic E-state index is 15.0. The molecule has 2 rings (SSSR count). The van der Waals surface area contributed by atoms with Crippen molar-refractivity contribution in [1.82, 2.24) is 0 Å². The van der Waals surface area contributed by atoms with Crippen LogP contribution in [0.2, 0.25) is 5.02 Å². The van der Waals surface area contributed by atoms with E-state index in [1.54, 1.807) is 20.8 Å². The van der Waals surface area contributed by atoms with Crippen LogP contribution in [0.3, 0.4) is 0 Å². The Morgan fingerprint density at radius 2 is 1.67 bits per heavy atom. The molecule has 30 heavy (non-hydrogen) atoms. The second kappa shape index (κ2) is 8.54. The van der Waals surface area contributed by atoms with Crippen molar-refractivity contribution in [2.75, 3.05) is 0 Å². The van der Waals surface area contributed by atoms with Crippen LogP contribution in [-0.2, 0) is 5.92 Å². The lowest BCUT2D eigenvalue weighted by Gasteiger charge is -2.23. The summed E-state index contributed by atoms with van der Waals surface area (Å²) in [6, 6.07) is 6.50. The van der Waals surface area contributed by atoms with Gasteiger partial charge in [-0.2, -0.15) is 0 Å². The number of aryl methyl sites for hydroxylation is 1. The molecule has 2 aromatic rings. The molecule has 0 radical (unpaired) electrons. The van der Waals surface area contributed by atoms with Crippen molar-refractivity contribution in [3.63, 3.8) is 0 Å². The van der Waals surface area contributed by atoms with Crippen LogP contribution in [0.5, 0.6) is 0 Å². The average molecular weight is 443 g/mol. The maximum Gasteiger partial charge on any atom is 0.271 e. The van der Waals surface area contributed by atoms with Gasteiger partial charge in [0.1, 0.15) is 5.83 Å². The van der Waals surface area contributed by atoms with Gasteiger partial charge in [-0.05, 0) is 61.2 Å². The highest BCUT2D eigenvalue weighted by molar-refractivity contribution is 6.31. The molecule has 0 amide bonds. The summed E-state index contributed by atoms with van der Waals surface area (Å²) in [4.78, 5) is 0. The number of halogens is 6. The molecule has 0 saturated heterocycles. The Hall–Kier alpha value is -2.14. The van der Waals surface area contributed by atoms with E-state index in [-0.39, 0.29) is 16.7 Å². The lowest BCUT2D eigenvalue weighted by atomic mass is 9.89. The first-order chi connectivity index (χ1) is 13.6. The molecule has 0 bridgehead atoms. The van der Waals surface area contributed by atoms with Gasteiger partial charge in [-0.25, -0.2) is 22.0 Å². The van der Waals surface area contributed by atoms with Crippen LogP contribution in [-0.4, -0.2) is 5.92 Å². The van der Waals surface area contributed by atoms with E-state index in [1.807, 2.05) is 0 Å². The number of benzene rings is 2. The summed E-state index contributed by atoms with van der Waals surface area (Å²) in [7, 11) is 0. The van der Waals surface area contributed by atoms with Crippen LogP contribution < -0.4 is 0 Å². The molecule has 6 heteroatoms. The van der Waals surface area contributed by atoms with Crippen LogP contribution in [0.4, 0.5) is 22.0 Å². The molecule has 1 atom stereocenters. The predicted octanol–water partition coefficient (Wildman–Crippen LogP) is 8.85. The van der Waals surface area contributed by atoms with E-state index < -0.39 is 29.2 Å². The Morgan fingerprint density at radius 1 is 1.07 bits per heavy atom. The van der Waals surface area contributed by atoms with Crippen LogP contribution in [0, 0.1) is 13.8 Å². The number of hydrogen-bond donors (Lipinski definition) is 0. The number of allylic oxidation sites excluding steroid dienone is 2. The van der Waals surface area contributed by atoms with Gasteiger partial charge in [-0.3, -0.25) is 0 Å². The van der Waals surface area contributed by atoms with E-state index in [0.717, 1.165) is 17.7 Å². The Kier molecular flexibility index (Phi) is 6.87. The van der Waals surface area contributed by atoms with E-state index in [0.29, 0.717) is 30.0 Å². The topological polar surface area (TPSA) is 0 Å². The molecule has 2 aromatic carbocycles. The normalized spacial score (nSPS) is 14.0. The first-order valence-electron chi connectivity index (χ1n) is 9.33. The second-order valence-corrected chi connectivity index (χ2v) is 8.23. The molecular weight excluding hydrogens is 419 g/mol. The average Bonchev–Trinajstić information content (AvgIpc) is 2.61. The number of hydrogen-bond acceptors (Lipinski definition) is 0. The fourth-order valence-electron chi connectivity index (χ4n) is 3.23. The lowest BCUT2D eigenvalue weighted by molar-refractivity contribution is 0.00659. The largest absolute Gasteiger partial charge is 0.271 e. The second-order valence-electron chi connectivity index (χ2n) is 7.82. The third-order valence-corrected chi connectivity index (χ3v) is 5.47. The minimum Gasteiger partial charge on any atom is -0.207 e. The molecule has 1 unspecified atom stereocenters. The maximum absolute atomic E-state index is 15.0. The van der Waals surface area contributed by atoms with E-state index in [4.69, 9.17) is 11.6 Å². The summed E-state index contributed by atoms with van der Waals surface area (Å²) >= 11 is 6.13. The zero-order chi connectivity index (χ0) is 23.0. The Balaban J connectivity index is 2.62. The van der Waals surface area contributed by atoms with Gasteiger partial charge in [0.05, 0.1) is 5.92 Å². The summed E-state index contributed by atoms with van der Waals surface area (Å²) in [5.41, 5.74) is 1.55. The van der Waals surface area contributed by atoms with E-state index in [9.17, 15) is 17.6 Å². The Morgan fingerprint density at radius 3 is 2.13 bits per heavy atom. The van der Waals surface area contributed by atoms with Crippen molar-refractivity contribution in [3.05, 3.63) is 81.4 Å². The zero-order valence-electron chi connectivity index (χ0n) is 17.5. The van der Waals surface area contributed by atoms with Crippen LogP contribution in [0.1, 0.15) is 60.1 Å². The Bertz CT molecular complexity index is 971. The SMILES string of the molecule is C=C(C)c1ccc(/C(F)=C/C(c2cc(C)c(C)c(Cl)c2)C(C)(F)F)cc1C(C)(F)F. The summed E-state index contributed by atoms with van der Waals surface area (Å²) in [5.74, 6) is -9.20. The highest BCUT2D eigenvalue weighted by atomic mass is 35.5. The lowest BCUT2D eigenvalue weighted by Crippen LogP contribution is -2.21. The van der Waals surface area contributed by atoms with Gasteiger partial charge in [0.2, 0.25) is 0 Å². The van der Waals surface area contributed by atoms with Crippen LogP contribution in [0.15, 0.2) is 43.0 Å². The molecule has 0 nitrogen and oxygen atoms in total. The smallest absolute Gasteiger partial charge is 0.207 e. The fourth-order valence-corrected chi connectivity index (χ4v) is 3.50. The molecule has 0 fully saturated rings. The van der Waals surface area contributed by atoms with Crippen molar-refractivity contribution in [2.45, 2.75) is 52.4 Å². The van der Waals surface area contributed by atoms with Gasteiger partial charge in [0.25, 0.3) is 11.8 Å². The predicted molar refractivity (Wildman–Crippen MR) is 114 cm³/mol. The molecule has 0 aliphatic rings. The van der Waals surface area contributed by atoms with Crippen molar-refractivity contribution in [2.24, 2.45) is 0 Å². The van der Waals surface area contributed by atoms with Crippen molar-refractivity contribution in [1.29, 1.82) is 0 Å². The monoisotopic (exact) mass is 442 g/mol. The molecule has 0 aliphatic heterocycles. The highest BCUT2D eigenvalue weighted by Gasteiger charge is 2.35. The van der Waals surface area contributed by atoms with Crippen molar-refractivity contribution >= 4 is 23.0 Å². The quantitative estimate of drug-likeness (QED) is 0.392. The first kappa shape index (κ1) is 24.1. The first-order valence-corrected chi connectivity index (χ1v) is 9.71. The highest BCUT2D eigenvalue weighted by Crippen LogP contribution is 2.40. The summed E-state index contributed by atoms with van der Waals surface area (Å²) in [6.07, 6.45) is 0.758. The minimum atomic E-state index is -3.31. The molecule has 0 aromatic heterocycles. The molecular formula is C24H24ClF5. The summed E-state index contributed by atoms with van der Waals surface area (Å²) < 4.78 is 71.8. The molecule has 0 aliphatic carbocycles. The van der Waals surface area contributed by atoms with Gasteiger partial charge in [-0.1, -0.05) is 42.0 Å². The molecule has 0 saturated carbocycles.